The Morgan fingerprint density at radius 1 is 1.21 bits per heavy atom. The third-order valence-electron chi connectivity index (χ3n) is 8.02. The predicted octanol–water partition coefficient (Wildman–Crippen LogP) is 4.97. The number of ketones is 1. The van der Waals surface area contributed by atoms with Crippen LogP contribution in [0.3, 0.4) is 0 Å². The molecular formula is C29H36F3N3O4. The number of para-hydroxylation sites is 1. The van der Waals surface area contributed by atoms with Gasteiger partial charge in [0.15, 0.2) is 11.9 Å². The number of nitrogens with zero attached hydrogens (tertiary/aromatic N) is 2. The lowest BCUT2D eigenvalue weighted by Gasteiger charge is -2.37. The number of hydrogen-bond acceptors (Lipinski definition) is 5. The fourth-order valence-corrected chi connectivity index (χ4v) is 5.91. The number of piperidine rings is 1. The number of aliphatic hydroxyl groups is 1. The highest BCUT2D eigenvalue weighted by atomic mass is 19.4. The Bertz CT molecular complexity index is 1390. The number of pyridine rings is 1. The van der Waals surface area contributed by atoms with Crippen molar-refractivity contribution >= 4 is 16.7 Å². The van der Waals surface area contributed by atoms with Gasteiger partial charge in [-0.3, -0.25) is 9.59 Å². The fourth-order valence-electron chi connectivity index (χ4n) is 5.91. The number of ether oxygens (including phenoxy) is 1. The largest absolute Gasteiger partial charge is 0.496 e. The quantitative estimate of drug-likeness (QED) is 0.370. The van der Waals surface area contributed by atoms with Gasteiger partial charge in [0.05, 0.1) is 12.7 Å². The van der Waals surface area contributed by atoms with Gasteiger partial charge in [0, 0.05) is 46.9 Å². The minimum Gasteiger partial charge on any atom is -0.496 e. The maximum Gasteiger partial charge on any atom is 0.415 e. The summed E-state index contributed by atoms with van der Waals surface area (Å²) in [5.41, 5.74) is 3.27. The highest BCUT2D eigenvalue weighted by Gasteiger charge is 2.40. The van der Waals surface area contributed by atoms with Crippen molar-refractivity contribution in [1.29, 1.82) is 0 Å². The van der Waals surface area contributed by atoms with E-state index in [1.807, 2.05) is 31.2 Å². The number of rotatable bonds is 9. The summed E-state index contributed by atoms with van der Waals surface area (Å²) in [6.45, 7) is 6.32. The van der Waals surface area contributed by atoms with E-state index in [0.717, 1.165) is 16.6 Å². The monoisotopic (exact) mass is 547 g/mol. The molecule has 1 aliphatic rings. The molecule has 0 bridgehead atoms. The summed E-state index contributed by atoms with van der Waals surface area (Å²) >= 11 is 0. The van der Waals surface area contributed by atoms with Crippen LogP contribution in [0.15, 0.2) is 35.1 Å². The maximum atomic E-state index is 13.6. The summed E-state index contributed by atoms with van der Waals surface area (Å²) in [4.78, 5) is 30.5. The van der Waals surface area contributed by atoms with Crippen molar-refractivity contribution in [3.05, 3.63) is 63.2 Å². The second kappa shape index (κ2) is 11.6. The first-order valence-corrected chi connectivity index (χ1v) is 13.3. The minimum absolute atomic E-state index is 0.0196. The number of nitrogens with one attached hydrogen (secondary N) is 1. The van der Waals surface area contributed by atoms with E-state index in [4.69, 9.17) is 4.74 Å². The van der Waals surface area contributed by atoms with E-state index in [9.17, 15) is 27.9 Å². The molecule has 2 aromatic heterocycles. The smallest absolute Gasteiger partial charge is 0.415 e. The molecule has 2 atom stereocenters. The van der Waals surface area contributed by atoms with Gasteiger partial charge in [0.25, 0.3) is 5.56 Å². The molecular weight excluding hydrogens is 511 g/mol. The van der Waals surface area contributed by atoms with Gasteiger partial charge in [-0.2, -0.15) is 13.2 Å². The molecule has 1 fully saturated rings. The van der Waals surface area contributed by atoms with E-state index in [-0.39, 0.29) is 36.1 Å². The normalized spacial score (nSPS) is 16.9. The van der Waals surface area contributed by atoms with Crippen LogP contribution in [0.1, 0.15) is 59.5 Å². The highest BCUT2D eigenvalue weighted by molar-refractivity contribution is 6.09. The van der Waals surface area contributed by atoms with E-state index in [1.165, 1.54) is 7.11 Å². The van der Waals surface area contributed by atoms with Crippen molar-refractivity contribution in [3.63, 3.8) is 0 Å². The maximum absolute atomic E-state index is 13.6. The topological polar surface area (TPSA) is 87.6 Å². The number of aromatic nitrogens is 2. The van der Waals surface area contributed by atoms with Gasteiger partial charge in [-0.05, 0) is 71.2 Å². The zero-order valence-electron chi connectivity index (χ0n) is 22.8. The van der Waals surface area contributed by atoms with Crippen molar-refractivity contribution in [3.8, 4) is 5.75 Å². The number of aryl methyl sites for hydroxylation is 1. The van der Waals surface area contributed by atoms with Crippen LogP contribution in [0.2, 0.25) is 0 Å². The van der Waals surface area contributed by atoms with Crippen LogP contribution in [-0.2, 0) is 6.42 Å². The van der Waals surface area contributed by atoms with Crippen molar-refractivity contribution in [1.82, 2.24) is 14.5 Å². The van der Waals surface area contributed by atoms with Crippen LogP contribution in [0.4, 0.5) is 13.2 Å². The van der Waals surface area contributed by atoms with Crippen LogP contribution in [0.25, 0.3) is 10.9 Å². The van der Waals surface area contributed by atoms with Crippen molar-refractivity contribution < 1.29 is 27.8 Å². The van der Waals surface area contributed by atoms with Crippen molar-refractivity contribution in [2.24, 2.45) is 5.92 Å². The Balaban J connectivity index is 1.54. The summed E-state index contributed by atoms with van der Waals surface area (Å²) in [6, 6.07) is 9.50. The van der Waals surface area contributed by atoms with Gasteiger partial charge in [0.1, 0.15) is 5.75 Å². The number of aliphatic hydroxyl groups excluding tert-OH is 1. The summed E-state index contributed by atoms with van der Waals surface area (Å²) in [5, 5.41) is 10.3. The molecule has 3 heterocycles. The number of carbonyl (C=O) groups excluding carboxylic acids is 1. The molecule has 2 N–H and O–H groups in total. The molecule has 10 heteroatoms. The molecule has 7 nitrogen and oxygen atoms in total. The molecule has 0 radical (unpaired) electrons. The number of aromatic amines is 1. The Morgan fingerprint density at radius 3 is 2.51 bits per heavy atom. The Labute approximate surface area is 225 Å². The van der Waals surface area contributed by atoms with Crippen LogP contribution >= 0.6 is 0 Å². The lowest BCUT2D eigenvalue weighted by atomic mass is 9.89. The third-order valence-corrected chi connectivity index (χ3v) is 8.02. The first-order chi connectivity index (χ1) is 18.4. The molecule has 212 valence electrons. The zero-order valence-corrected chi connectivity index (χ0v) is 22.8. The standard InChI is InChI=1S/C29H36F3N3O4/c1-17-15-25(39-4)22(28(38)33-17)9-10-24(36)27-19(3)35(23-8-6-5-7-21(23)27)18(2)20-11-13-34(14-12-20)16-26(37)29(30,31)32/h5-8,15,18,20,26,37H,9-14,16H2,1-4H3,(H,33,38)/t18-,26+/m1/s1. The van der Waals surface area contributed by atoms with Crippen LogP contribution in [-0.4, -0.2) is 64.4 Å². The SMILES string of the molecule is COc1cc(C)[nH]c(=O)c1CCC(=O)c1c(C)n([C@H](C)C2CCN(C[C@H](O)C(F)(F)F)CC2)c2ccccc12. The number of carbonyl (C=O) groups is 1. The Morgan fingerprint density at radius 2 is 1.87 bits per heavy atom. The second-order valence-electron chi connectivity index (χ2n) is 10.5. The molecule has 0 spiro atoms. The molecule has 0 amide bonds. The van der Waals surface area contributed by atoms with E-state index in [0.29, 0.717) is 48.5 Å². The van der Waals surface area contributed by atoms with E-state index < -0.39 is 18.8 Å². The molecule has 1 aliphatic heterocycles. The van der Waals surface area contributed by atoms with Gasteiger partial charge >= 0.3 is 6.18 Å². The molecule has 39 heavy (non-hydrogen) atoms. The zero-order chi connectivity index (χ0) is 28.5. The van der Waals surface area contributed by atoms with Crippen LogP contribution in [0, 0.1) is 19.8 Å². The summed E-state index contributed by atoms with van der Waals surface area (Å²) < 4.78 is 45.9. The van der Waals surface area contributed by atoms with E-state index in [2.05, 4.69) is 16.5 Å². The molecule has 0 aliphatic carbocycles. The number of methoxy groups -OCH3 is 1. The van der Waals surface area contributed by atoms with E-state index in [1.54, 1.807) is 17.9 Å². The van der Waals surface area contributed by atoms with Gasteiger partial charge < -0.3 is 24.3 Å². The minimum atomic E-state index is -4.62. The second-order valence-corrected chi connectivity index (χ2v) is 10.5. The van der Waals surface area contributed by atoms with Crippen molar-refractivity contribution in [2.45, 2.75) is 64.8 Å². The average Bonchev–Trinajstić information content (AvgIpc) is 3.18. The van der Waals surface area contributed by atoms with Gasteiger partial charge in [-0.15, -0.1) is 0 Å². The summed E-state index contributed by atoms with van der Waals surface area (Å²) in [6.07, 6.45) is -5.19. The number of H-pyrrole nitrogens is 1. The first kappa shape index (κ1) is 28.9. The number of likely N-dealkylation sites (tertiary alicyclic amines) is 1. The third kappa shape index (κ3) is 6.06. The number of alkyl halides is 3. The number of Topliss-reactive ketones (excluding diaryl/α,β-unsaturated/α-hetero) is 1. The van der Waals surface area contributed by atoms with Gasteiger partial charge in [-0.1, -0.05) is 18.2 Å². The predicted molar refractivity (Wildman–Crippen MR) is 144 cm³/mol. The molecule has 1 aromatic carbocycles. The van der Waals surface area contributed by atoms with Crippen LogP contribution < -0.4 is 10.3 Å². The number of benzene rings is 1. The van der Waals surface area contributed by atoms with E-state index >= 15 is 0 Å². The van der Waals surface area contributed by atoms with Gasteiger partial charge in [0.2, 0.25) is 0 Å². The van der Waals surface area contributed by atoms with Crippen molar-refractivity contribution in [2.75, 3.05) is 26.7 Å². The lowest BCUT2D eigenvalue weighted by Crippen LogP contribution is -2.45. The fraction of sp³-hybridized carbons (Fsp3) is 0.517. The number of hydrogen-bond donors (Lipinski definition) is 2. The van der Waals surface area contributed by atoms with Crippen LogP contribution in [0.5, 0.6) is 5.75 Å². The Hall–Kier alpha value is -3.11. The van der Waals surface area contributed by atoms with Gasteiger partial charge in [-0.25, -0.2) is 0 Å². The molecule has 4 rings (SSSR count). The summed E-state index contributed by atoms with van der Waals surface area (Å²) in [5.74, 6) is 0.607. The molecule has 0 unspecified atom stereocenters. The lowest BCUT2D eigenvalue weighted by molar-refractivity contribution is -0.208. The average molecular weight is 548 g/mol. The molecule has 3 aromatic rings. The number of halogens is 3. The molecule has 0 saturated carbocycles. The number of fused-ring (bicyclic) bond motifs is 1. The number of β-amino-alcohol motifs (C(OH)–C–C–N with tert-alkyl or cyclic N) is 1. The Kier molecular flexibility index (Phi) is 8.56. The highest BCUT2D eigenvalue weighted by Crippen LogP contribution is 2.36. The first-order valence-electron chi connectivity index (χ1n) is 13.3. The summed E-state index contributed by atoms with van der Waals surface area (Å²) in [7, 11) is 1.50. The molecule has 1 saturated heterocycles.